The predicted molar refractivity (Wildman–Crippen MR) is 72.5 cm³/mol. The zero-order valence-electron chi connectivity index (χ0n) is 9.98. The topological polar surface area (TPSA) is 90.7 Å². The lowest BCUT2D eigenvalue weighted by Gasteiger charge is -2.09. The van der Waals surface area contributed by atoms with Crippen molar-refractivity contribution in [3.05, 3.63) is 35.9 Å². The van der Waals surface area contributed by atoms with Gasteiger partial charge in [0, 0.05) is 11.1 Å². The summed E-state index contributed by atoms with van der Waals surface area (Å²) in [5.74, 6) is -0.860. The Labute approximate surface area is 113 Å². The minimum absolute atomic E-state index is 0.105. The Morgan fingerprint density at radius 3 is 2.79 bits per heavy atom. The van der Waals surface area contributed by atoms with Crippen LogP contribution >= 0.6 is 11.8 Å². The average molecular weight is 279 g/mol. The second-order valence-corrected chi connectivity index (χ2v) is 5.00. The van der Waals surface area contributed by atoms with Gasteiger partial charge in [-0.1, -0.05) is 18.2 Å². The number of carbonyl (C=O) groups is 1. The SMILES string of the molecule is O=C(O)c1cc2ccccc2nc1SCC(O)CO. The van der Waals surface area contributed by atoms with Gasteiger partial charge in [-0.15, -0.1) is 11.8 Å². The number of aromatic carboxylic acids is 1. The molecule has 1 heterocycles. The molecule has 1 atom stereocenters. The highest BCUT2D eigenvalue weighted by Gasteiger charge is 2.15. The average Bonchev–Trinajstić information content (AvgIpc) is 2.43. The minimum atomic E-state index is -1.06. The number of hydrogen-bond donors (Lipinski definition) is 3. The zero-order chi connectivity index (χ0) is 13.8. The van der Waals surface area contributed by atoms with Gasteiger partial charge in [-0.3, -0.25) is 0 Å². The number of hydrogen-bond acceptors (Lipinski definition) is 5. The second kappa shape index (κ2) is 6.01. The number of thioether (sulfide) groups is 1. The number of nitrogens with zero attached hydrogens (tertiary/aromatic N) is 1. The van der Waals surface area contributed by atoms with Crippen LogP contribution in [0.1, 0.15) is 10.4 Å². The van der Waals surface area contributed by atoms with Gasteiger partial charge in [0.15, 0.2) is 0 Å². The molecule has 1 aromatic heterocycles. The Morgan fingerprint density at radius 2 is 2.11 bits per heavy atom. The van der Waals surface area contributed by atoms with Gasteiger partial charge in [0.05, 0.1) is 23.8 Å². The molecule has 0 bridgehead atoms. The van der Waals surface area contributed by atoms with Crippen LogP contribution in [0.4, 0.5) is 0 Å². The molecule has 0 aliphatic heterocycles. The highest BCUT2D eigenvalue weighted by Crippen LogP contribution is 2.25. The van der Waals surface area contributed by atoms with E-state index in [0.717, 1.165) is 17.1 Å². The largest absolute Gasteiger partial charge is 0.478 e. The summed E-state index contributed by atoms with van der Waals surface area (Å²) >= 11 is 1.12. The third-order valence-corrected chi connectivity index (χ3v) is 3.68. The van der Waals surface area contributed by atoms with Crippen molar-refractivity contribution in [2.24, 2.45) is 0 Å². The number of aromatic nitrogens is 1. The highest BCUT2D eigenvalue weighted by atomic mass is 32.2. The molecule has 2 aromatic rings. The third kappa shape index (κ3) is 3.23. The Hall–Kier alpha value is -1.63. The van der Waals surface area contributed by atoms with Crippen molar-refractivity contribution < 1.29 is 20.1 Å². The van der Waals surface area contributed by atoms with Crippen molar-refractivity contribution in [2.75, 3.05) is 12.4 Å². The molecule has 3 N–H and O–H groups in total. The van der Waals surface area contributed by atoms with E-state index < -0.39 is 12.1 Å². The maximum Gasteiger partial charge on any atom is 0.338 e. The van der Waals surface area contributed by atoms with Crippen molar-refractivity contribution >= 4 is 28.6 Å². The van der Waals surface area contributed by atoms with E-state index >= 15 is 0 Å². The molecular weight excluding hydrogens is 266 g/mol. The van der Waals surface area contributed by atoms with Crippen LogP contribution in [0, 0.1) is 0 Å². The van der Waals surface area contributed by atoms with Gasteiger partial charge < -0.3 is 15.3 Å². The van der Waals surface area contributed by atoms with E-state index in [-0.39, 0.29) is 17.9 Å². The molecule has 0 radical (unpaired) electrons. The first-order chi connectivity index (χ1) is 9.11. The van der Waals surface area contributed by atoms with Gasteiger partial charge in [0.1, 0.15) is 5.03 Å². The molecule has 0 aliphatic rings. The molecule has 0 amide bonds. The summed E-state index contributed by atoms with van der Waals surface area (Å²) in [5.41, 5.74) is 0.808. The summed E-state index contributed by atoms with van der Waals surface area (Å²) in [6.07, 6.45) is -0.889. The fourth-order valence-corrected chi connectivity index (χ4v) is 2.51. The van der Waals surface area contributed by atoms with E-state index in [1.54, 1.807) is 18.2 Å². The third-order valence-electron chi connectivity index (χ3n) is 2.54. The van der Waals surface area contributed by atoms with E-state index in [4.69, 9.17) is 5.11 Å². The van der Waals surface area contributed by atoms with Gasteiger partial charge >= 0.3 is 5.97 Å². The zero-order valence-corrected chi connectivity index (χ0v) is 10.8. The fraction of sp³-hybridized carbons (Fsp3) is 0.231. The summed E-state index contributed by atoms with van der Waals surface area (Å²) in [5, 5.41) is 28.4. The maximum absolute atomic E-state index is 11.2. The van der Waals surface area contributed by atoms with E-state index in [2.05, 4.69) is 4.98 Å². The fourth-order valence-electron chi connectivity index (χ4n) is 1.59. The highest BCUT2D eigenvalue weighted by molar-refractivity contribution is 7.99. The van der Waals surface area contributed by atoms with Crippen LogP contribution in [-0.4, -0.2) is 44.7 Å². The molecule has 0 fully saturated rings. The van der Waals surface area contributed by atoms with Gasteiger partial charge in [-0.2, -0.15) is 0 Å². The van der Waals surface area contributed by atoms with Gasteiger partial charge in [0.2, 0.25) is 0 Å². The van der Waals surface area contributed by atoms with Crippen LogP contribution in [0.2, 0.25) is 0 Å². The molecule has 1 aromatic carbocycles. The summed E-state index contributed by atoms with van der Waals surface area (Å²) in [6, 6.07) is 8.81. The van der Waals surface area contributed by atoms with Crippen LogP contribution in [0.3, 0.4) is 0 Å². The van der Waals surface area contributed by atoms with Crippen molar-refractivity contribution in [1.29, 1.82) is 0 Å². The van der Waals surface area contributed by atoms with Crippen LogP contribution < -0.4 is 0 Å². The number of aliphatic hydroxyl groups excluding tert-OH is 2. The van der Waals surface area contributed by atoms with Gasteiger partial charge in [-0.25, -0.2) is 9.78 Å². The number of benzene rings is 1. The summed E-state index contributed by atoms with van der Waals surface area (Å²) in [4.78, 5) is 15.5. The summed E-state index contributed by atoms with van der Waals surface area (Å²) < 4.78 is 0. The minimum Gasteiger partial charge on any atom is -0.478 e. The van der Waals surface area contributed by atoms with Crippen LogP contribution in [-0.2, 0) is 0 Å². The Morgan fingerprint density at radius 1 is 1.37 bits per heavy atom. The quantitative estimate of drug-likeness (QED) is 0.716. The van der Waals surface area contributed by atoms with Crippen molar-refractivity contribution in [3.63, 3.8) is 0 Å². The molecule has 0 aliphatic carbocycles. The Bertz CT molecular complexity index is 602. The smallest absolute Gasteiger partial charge is 0.338 e. The number of para-hydroxylation sites is 1. The van der Waals surface area contributed by atoms with Crippen molar-refractivity contribution in [1.82, 2.24) is 4.98 Å². The van der Waals surface area contributed by atoms with E-state index in [1.807, 2.05) is 12.1 Å². The number of aliphatic hydroxyl groups is 2. The lowest BCUT2D eigenvalue weighted by molar-refractivity contribution is 0.0692. The molecule has 0 spiro atoms. The molecule has 6 heteroatoms. The lowest BCUT2D eigenvalue weighted by atomic mass is 10.1. The second-order valence-electron chi connectivity index (χ2n) is 3.99. The molecule has 19 heavy (non-hydrogen) atoms. The standard InChI is InChI=1S/C13H13NO4S/c15-6-9(16)7-19-12-10(13(17)18)5-8-3-1-2-4-11(8)14-12/h1-5,9,15-16H,6-7H2,(H,17,18). The molecule has 5 nitrogen and oxygen atoms in total. The molecule has 1 unspecified atom stereocenters. The first-order valence-electron chi connectivity index (χ1n) is 5.66. The first kappa shape index (κ1) is 13.8. The molecular formula is C13H13NO4S. The predicted octanol–water partition coefficient (Wildman–Crippen LogP) is 1.38. The Balaban J connectivity index is 2.39. The molecule has 2 rings (SSSR count). The van der Waals surface area contributed by atoms with Crippen molar-refractivity contribution in [2.45, 2.75) is 11.1 Å². The van der Waals surface area contributed by atoms with Gasteiger partial charge in [-0.05, 0) is 12.1 Å². The summed E-state index contributed by atoms with van der Waals surface area (Å²) in [7, 11) is 0. The van der Waals surface area contributed by atoms with Crippen LogP contribution in [0.25, 0.3) is 10.9 Å². The number of fused-ring (bicyclic) bond motifs is 1. The number of carboxylic acids is 1. The van der Waals surface area contributed by atoms with Crippen molar-refractivity contribution in [3.8, 4) is 0 Å². The van der Waals surface area contributed by atoms with E-state index in [9.17, 15) is 15.0 Å². The normalized spacial score (nSPS) is 12.5. The molecule has 0 saturated carbocycles. The molecule has 100 valence electrons. The summed E-state index contributed by atoms with van der Waals surface area (Å²) in [6.45, 7) is -0.358. The lowest BCUT2D eigenvalue weighted by Crippen LogP contribution is -2.15. The van der Waals surface area contributed by atoms with Gasteiger partial charge in [0.25, 0.3) is 0 Å². The van der Waals surface area contributed by atoms with Crippen LogP contribution in [0.5, 0.6) is 0 Å². The van der Waals surface area contributed by atoms with E-state index in [0.29, 0.717) is 10.5 Å². The number of pyridine rings is 1. The Kier molecular flexibility index (Phi) is 4.36. The number of rotatable bonds is 5. The monoisotopic (exact) mass is 279 g/mol. The van der Waals surface area contributed by atoms with E-state index in [1.165, 1.54) is 0 Å². The number of carboxylic acid groups (broad SMARTS) is 1. The maximum atomic E-state index is 11.2. The first-order valence-corrected chi connectivity index (χ1v) is 6.65. The van der Waals surface area contributed by atoms with Crippen LogP contribution in [0.15, 0.2) is 35.4 Å². The molecule has 0 saturated heterocycles.